The van der Waals surface area contributed by atoms with Gasteiger partial charge in [-0.05, 0) is 62.0 Å². The SMILES string of the molecule is Cc1cc(C2C(c3ccccn3)NC(=S)N2CCN2CCOCC2)c(C)n1-c1ccccc1F. The van der Waals surface area contributed by atoms with Gasteiger partial charge < -0.3 is 19.5 Å². The summed E-state index contributed by atoms with van der Waals surface area (Å²) in [7, 11) is 0. The Morgan fingerprint density at radius 2 is 1.85 bits per heavy atom. The smallest absolute Gasteiger partial charge is 0.170 e. The molecule has 5 rings (SSSR count). The molecule has 0 aliphatic carbocycles. The Bertz CT molecular complexity index is 1160. The number of aromatic nitrogens is 2. The molecule has 34 heavy (non-hydrogen) atoms. The number of rotatable bonds is 6. The van der Waals surface area contributed by atoms with Crippen LogP contribution in [0.15, 0.2) is 54.7 Å². The molecular formula is C26H30FN5OS. The van der Waals surface area contributed by atoms with Crippen LogP contribution in [0.3, 0.4) is 0 Å². The summed E-state index contributed by atoms with van der Waals surface area (Å²) in [6, 6.07) is 14.9. The Balaban J connectivity index is 1.53. The zero-order valence-corrected chi connectivity index (χ0v) is 20.4. The lowest BCUT2D eigenvalue weighted by atomic mass is 9.96. The second kappa shape index (κ2) is 9.82. The zero-order valence-electron chi connectivity index (χ0n) is 19.6. The van der Waals surface area contributed by atoms with E-state index in [2.05, 4.69) is 33.1 Å². The van der Waals surface area contributed by atoms with Crippen LogP contribution in [0, 0.1) is 19.7 Å². The van der Waals surface area contributed by atoms with Crippen molar-refractivity contribution < 1.29 is 9.13 Å². The number of pyridine rings is 1. The number of ether oxygens (including phenoxy) is 1. The van der Waals surface area contributed by atoms with E-state index in [1.165, 1.54) is 6.07 Å². The Kier molecular flexibility index (Phi) is 6.63. The molecule has 4 heterocycles. The number of hydrogen-bond acceptors (Lipinski definition) is 4. The minimum atomic E-state index is -0.235. The Labute approximate surface area is 205 Å². The average Bonchev–Trinajstić information content (AvgIpc) is 3.34. The molecule has 2 fully saturated rings. The lowest BCUT2D eigenvalue weighted by Gasteiger charge is -2.32. The van der Waals surface area contributed by atoms with Gasteiger partial charge in [-0.2, -0.15) is 0 Å². The van der Waals surface area contributed by atoms with Crippen molar-refractivity contribution in [3.8, 4) is 5.69 Å². The summed E-state index contributed by atoms with van der Waals surface area (Å²) in [5.74, 6) is -0.235. The highest BCUT2D eigenvalue weighted by Gasteiger charge is 2.41. The first-order valence-corrected chi connectivity index (χ1v) is 12.2. The molecule has 0 saturated carbocycles. The van der Waals surface area contributed by atoms with E-state index >= 15 is 0 Å². The summed E-state index contributed by atoms with van der Waals surface area (Å²) in [4.78, 5) is 9.34. The van der Waals surface area contributed by atoms with Gasteiger partial charge in [-0.15, -0.1) is 0 Å². The van der Waals surface area contributed by atoms with Gasteiger partial charge >= 0.3 is 0 Å². The van der Waals surface area contributed by atoms with E-state index in [1.54, 1.807) is 6.07 Å². The summed E-state index contributed by atoms with van der Waals surface area (Å²) in [5, 5.41) is 4.26. The van der Waals surface area contributed by atoms with Crippen LogP contribution < -0.4 is 5.32 Å². The summed E-state index contributed by atoms with van der Waals surface area (Å²) >= 11 is 5.84. The predicted octanol–water partition coefficient (Wildman–Crippen LogP) is 3.93. The molecule has 1 N–H and O–H groups in total. The van der Waals surface area contributed by atoms with Gasteiger partial charge in [-0.3, -0.25) is 9.88 Å². The van der Waals surface area contributed by atoms with Crippen molar-refractivity contribution in [1.82, 2.24) is 24.7 Å². The first-order chi connectivity index (χ1) is 16.5. The quantitative estimate of drug-likeness (QED) is 0.541. The van der Waals surface area contributed by atoms with Crippen LogP contribution >= 0.6 is 12.2 Å². The second-order valence-corrected chi connectivity index (χ2v) is 9.27. The standard InChI is InChI=1S/C26H30FN5OS/c1-18-17-20(19(2)32(18)23-9-4-3-7-21(23)27)25-24(22-8-5-6-10-28-22)29-26(34)31(25)12-11-30-13-15-33-16-14-30/h3-10,17,24-25H,11-16H2,1-2H3,(H,29,34). The second-order valence-electron chi connectivity index (χ2n) is 8.89. The average molecular weight is 480 g/mol. The zero-order chi connectivity index (χ0) is 23.7. The van der Waals surface area contributed by atoms with Crippen molar-refractivity contribution in [3.63, 3.8) is 0 Å². The molecule has 2 aromatic heterocycles. The minimum absolute atomic E-state index is 0.0461. The molecule has 0 radical (unpaired) electrons. The maximum Gasteiger partial charge on any atom is 0.170 e. The topological polar surface area (TPSA) is 45.6 Å². The van der Waals surface area contributed by atoms with Gasteiger partial charge in [0.1, 0.15) is 5.82 Å². The van der Waals surface area contributed by atoms with Gasteiger partial charge in [0, 0.05) is 43.8 Å². The molecule has 2 aliphatic heterocycles. The van der Waals surface area contributed by atoms with Crippen molar-refractivity contribution in [2.75, 3.05) is 39.4 Å². The van der Waals surface area contributed by atoms with Crippen LogP contribution in [0.5, 0.6) is 0 Å². The van der Waals surface area contributed by atoms with Crippen LogP contribution in [0.4, 0.5) is 4.39 Å². The molecule has 0 amide bonds. The van der Waals surface area contributed by atoms with Crippen LogP contribution in [-0.4, -0.2) is 63.9 Å². The number of benzene rings is 1. The molecule has 1 aromatic carbocycles. The van der Waals surface area contributed by atoms with Crippen molar-refractivity contribution in [1.29, 1.82) is 0 Å². The number of para-hydroxylation sites is 1. The van der Waals surface area contributed by atoms with Crippen molar-refractivity contribution >= 4 is 17.3 Å². The number of thiocarbonyl (C=S) groups is 1. The van der Waals surface area contributed by atoms with Crippen LogP contribution in [-0.2, 0) is 4.74 Å². The molecular weight excluding hydrogens is 449 g/mol. The van der Waals surface area contributed by atoms with E-state index in [-0.39, 0.29) is 17.9 Å². The van der Waals surface area contributed by atoms with E-state index < -0.39 is 0 Å². The van der Waals surface area contributed by atoms with Crippen LogP contribution in [0.25, 0.3) is 5.69 Å². The predicted molar refractivity (Wildman–Crippen MR) is 135 cm³/mol. The fourth-order valence-electron chi connectivity index (χ4n) is 5.15. The molecule has 0 spiro atoms. The molecule has 178 valence electrons. The lowest BCUT2D eigenvalue weighted by Crippen LogP contribution is -2.42. The monoisotopic (exact) mass is 479 g/mol. The molecule has 2 saturated heterocycles. The summed E-state index contributed by atoms with van der Waals surface area (Å²) < 4.78 is 22.2. The van der Waals surface area contributed by atoms with E-state index in [0.29, 0.717) is 5.69 Å². The normalized spacial score (nSPS) is 21.1. The fourth-order valence-corrected chi connectivity index (χ4v) is 5.48. The first-order valence-electron chi connectivity index (χ1n) is 11.8. The number of nitrogens with one attached hydrogen (secondary N) is 1. The molecule has 8 heteroatoms. The molecule has 0 bridgehead atoms. The van der Waals surface area contributed by atoms with Crippen molar-refractivity contribution in [3.05, 3.63) is 83.2 Å². The molecule has 6 nitrogen and oxygen atoms in total. The number of hydrogen-bond donors (Lipinski definition) is 1. The van der Waals surface area contributed by atoms with Crippen LogP contribution in [0.2, 0.25) is 0 Å². The van der Waals surface area contributed by atoms with E-state index in [0.717, 1.165) is 67.2 Å². The molecule has 2 unspecified atom stereocenters. The van der Waals surface area contributed by atoms with E-state index in [4.69, 9.17) is 17.0 Å². The maximum absolute atomic E-state index is 14.7. The Morgan fingerprint density at radius 1 is 1.09 bits per heavy atom. The van der Waals surface area contributed by atoms with Gasteiger partial charge in [-0.25, -0.2) is 4.39 Å². The molecule has 2 atom stereocenters. The summed E-state index contributed by atoms with van der Waals surface area (Å²) in [6.07, 6.45) is 1.82. The van der Waals surface area contributed by atoms with E-state index in [9.17, 15) is 4.39 Å². The Hall–Kier alpha value is -2.81. The third kappa shape index (κ3) is 4.33. The highest BCUT2D eigenvalue weighted by Crippen LogP contribution is 2.41. The number of morpholine rings is 1. The van der Waals surface area contributed by atoms with E-state index in [1.807, 2.05) is 48.0 Å². The minimum Gasteiger partial charge on any atom is -0.379 e. The number of nitrogens with zero attached hydrogens (tertiary/aromatic N) is 4. The molecule has 3 aromatic rings. The number of halogens is 1. The van der Waals surface area contributed by atoms with Crippen molar-refractivity contribution in [2.45, 2.75) is 25.9 Å². The van der Waals surface area contributed by atoms with Crippen LogP contribution in [0.1, 0.15) is 34.7 Å². The highest BCUT2D eigenvalue weighted by atomic mass is 32.1. The third-order valence-electron chi connectivity index (χ3n) is 6.84. The first kappa shape index (κ1) is 23.0. The third-order valence-corrected chi connectivity index (χ3v) is 7.19. The van der Waals surface area contributed by atoms with Crippen molar-refractivity contribution in [2.24, 2.45) is 0 Å². The summed E-state index contributed by atoms with van der Waals surface area (Å²) in [6.45, 7) is 9.20. The lowest BCUT2D eigenvalue weighted by molar-refractivity contribution is 0.0350. The van der Waals surface area contributed by atoms with Gasteiger partial charge in [0.25, 0.3) is 0 Å². The Morgan fingerprint density at radius 3 is 2.59 bits per heavy atom. The van der Waals surface area contributed by atoms with Gasteiger partial charge in [0.15, 0.2) is 5.11 Å². The fraction of sp³-hybridized carbons (Fsp3) is 0.385. The largest absolute Gasteiger partial charge is 0.379 e. The van der Waals surface area contributed by atoms with Gasteiger partial charge in [-0.1, -0.05) is 18.2 Å². The highest BCUT2D eigenvalue weighted by molar-refractivity contribution is 7.80. The molecule has 2 aliphatic rings. The number of aryl methyl sites for hydroxylation is 1. The van der Waals surface area contributed by atoms with Gasteiger partial charge in [0.2, 0.25) is 0 Å². The maximum atomic E-state index is 14.7. The van der Waals surface area contributed by atoms with Gasteiger partial charge in [0.05, 0.1) is 36.7 Å². The summed E-state index contributed by atoms with van der Waals surface area (Å²) in [5.41, 5.74) is 4.64.